The van der Waals surface area contributed by atoms with E-state index in [4.69, 9.17) is 11.2 Å². The third-order valence-corrected chi connectivity index (χ3v) is 2.32. The monoisotopic (exact) mass is 235 g/mol. The summed E-state index contributed by atoms with van der Waals surface area (Å²) in [6.45, 7) is 3.78. The largest absolute Gasteiger partial charge is 0.475 e. The molecule has 0 N–H and O–H groups in total. The Labute approximate surface area is 99.0 Å². The van der Waals surface area contributed by atoms with Gasteiger partial charge in [0.05, 0.1) is 18.6 Å². The van der Waals surface area contributed by atoms with Gasteiger partial charge in [0.1, 0.15) is 5.69 Å². The van der Waals surface area contributed by atoms with Crippen LogP contribution in [0.3, 0.4) is 0 Å². The first kappa shape index (κ1) is 12.8. The predicted molar refractivity (Wildman–Crippen MR) is 62.8 cm³/mol. The molecule has 1 heterocycles. The molecule has 0 atom stereocenters. The Morgan fingerprint density at radius 3 is 2.82 bits per heavy atom. The normalized spacial score (nSPS) is 11.1. The zero-order valence-corrected chi connectivity index (χ0v) is 9.93. The van der Waals surface area contributed by atoms with Crippen LogP contribution in [0.15, 0.2) is 11.6 Å². The molecule has 0 fully saturated rings. The second-order valence-corrected chi connectivity index (χ2v) is 3.41. The molecule has 0 radical (unpaired) electrons. The molecule has 1 aromatic rings. The lowest BCUT2D eigenvalue weighted by Gasteiger charge is -1.98. The van der Waals surface area contributed by atoms with Gasteiger partial charge in [-0.15, -0.1) is 11.5 Å². The molecule has 1 aromatic heterocycles. The summed E-state index contributed by atoms with van der Waals surface area (Å²) < 4.78 is 6.35. The zero-order valence-electron chi connectivity index (χ0n) is 9.93. The summed E-state index contributed by atoms with van der Waals surface area (Å²) in [5.41, 5.74) is 1.08. The number of hydrogen-bond acceptors (Lipinski definition) is 4. The fraction of sp³-hybridized carbons (Fsp3) is 0.364. The van der Waals surface area contributed by atoms with Crippen LogP contribution in [0.4, 0.5) is 5.69 Å². The maximum absolute atomic E-state index is 10.8. The highest BCUT2D eigenvalue weighted by Crippen LogP contribution is 2.29. The Kier molecular flexibility index (Phi) is 3.88. The van der Waals surface area contributed by atoms with Crippen LogP contribution in [0, 0.1) is 29.4 Å². The molecule has 17 heavy (non-hydrogen) atoms. The smallest absolute Gasteiger partial charge is 0.352 e. The lowest BCUT2D eigenvalue weighted by atomic mass is 10.3. The van der Waals surface area contributed by atoms with Crippen molar-refractivity contribution in [2.45, 2.75) is 20.4 Å². The number of aromatic nitrogens is 2. The third-order valence-electron chi connectivity index (χ3n) is 2.32. The minimum Gasteiger partial charge on any atom is -0.475 e. The van der Waals surface area contributed by atoms with E-state index in [9.17, 15) is 10.1 Å². The fourth-order valence-corrected chi connectivity index (χ4v) is 1.32. The van der Waals surface area contributed by atoms with Crippen molar-refractivity contribution in [3.8, 4) is 18.2 Å². The topological polar surface area (TPSA) is 70.2 Å². The summed E-state index contributed by atoms with van der Waals surface area (Å²) in [4.78, 5) is 10.3. The standard InChI is InChI=1S/C11H13N3O3/c1-5-8(2)6-7-13-9(3)10(14(15)16)11(12-13)17-4/h1,6H,7H2,2-4H3/b8-6+. The van der Waals surface area contributed by atoms with E-state index in [0.717, 1.165) is 5.57 Å². The summed E-state index contributed by atoms with van der Waals surface area (Å²) in [5.74, 6) is 2.48. The maximum Gasteiger partial charge on any atom is 0.352 e. The van der Waals surface area contributed by atoms with E-state index in [0.29, 0.717) is 12.2 Å². The summed E-state index contributed by atoms with van der Waals surface area (Å²) in [5, 5.41) is 14.8. The average Bonchev–Trinajstić information content (AvgIpc) is 2.62. The first-order chi connectivity index (χ1) is 8.01. The van der Waals surface area contributed by atoms with Crippen molar-refractivity contribution in [3.63, 3.8) is 0 Å². The van der Waals surface area contributed by atoms with E-state index in [-0.39, 0.29) is 11.6 Å². The van der Waals surface area contributed by atoms with Crippen molar-refractivity contribution in [1.29, 1.82) is 0 Å². The van der Waals surface area contributed by atoms with Crippen molar-refractivity contribution in [1.82, 2.24) is 9.78 Å². The highest BCUT2D eigenvalue weighted by molar-refractivity contribution is 5.45. The lowest BCUT2D eigenvalue weighted by Crippen LogP contribution is -2.01. The van der Waals surface area contributed by atoms with Crippen molar-refractivity contribution in [2.75, 3.05) is 7.11 Å². The quantitative estimate of drug-likeness (QED) is 0.452. The number of nitro groups is 1. The Morgan fingerprint density at radius 1 is 1.76 bits per heavy atom. The van der Waals surface area contributed by atoms with Crippen molar-refractivity contribution in [3.05, 3.63) is 27.5 Å². The first-order valence-electron chi connectivity index (χ1n) is 4.90. The van der Waals surface area contributed by atoms with Crippen LogP contribution in [0.25, 0.3) is 0 Å². The van der Waals surface area contributed by atoms with E-state index in [1.165, 1.54) is 11.8 Å². The highest BCUT2D eigenvalue weighted by Gasteiger charge is 2.25. The molecule has 0 aliphatic heterocycles. The van der Waals surface area contributed by atoms with Gasteiger partial charge in [-0.1, -0.05) is 12.0 Å². The molecule has 1 rings (SSSR count). The average molecular weight is 235 g/mol. The third kappa shape index (κ3) is 2.64. The summed E-state index contributed by atoms with van der Waals surface area (Å²) in [6.07, 6.45) is 6.97. The molecule has 0 spiro atoms. The number of rotatable bonds is 4. The molecule has 0 amide bonds. The molecule has 6 nitrogen and oxygen atoms in total. The Hall–Kier alpha value is -2.29. The van der Waals surface area contributed by atoms with Crippen LogP contribution in [0.2, 0.25) is 0 Å². The number of allylic oxidation sites excluding steroid dienone is 2. The minimum absolute atomic E-state index is 0.0132. The van der Waals surface area contributed by atoms with Crippen LogP contribution in [-0.2, 0) is 6.54 Å². The van der Waals surface area contributed by atoms with Crippen molar-refractivity contribution in [2.24, 2.45) is 0 Å². The van der Waals surface area contributed by atoms with E-state index in [1.807, 2.05) is 0 Å². The van der Waals surface area contributed by atoms with Crippen LogP contribution in [-0.4, -0.2) is 21.8 Å². The molecule has 6 heteroatoms. The van der Waals surface area contributed by atoms with Crippen LogP contribution < -0.4 is 4.74 Å². The molecule has 0 unspecified atom stereocenters. The summed E-state index contributed by atoms with van der Waals surface area (Å²) >= 11 is 0. The Balaban J connectivity index is 3.12. The van der Waals surface area contributed by atoms with Gasteiger partial charge < -0.3 is 4.74 Å². The molecule has 0 aliphatic carbocycles. The maximum atomic E-state index is 10.8. The van der Waals surface area contributed by atoms with Gasteiger partial charge in [-0.05, 0) is 19.4 Å². The van der Waals surface area contributed by atoms with E-state index < -0.39 is 4.92 Å². The van der Waals surface area contributed by atoms with Gasteiger partial charge in [0, 0.05) is 0 Å². The number of hydrogen-bond donors (Lipinski definition) is 0. The Bertz CT molecular complexity index is 509. The zero-order chi connectivity index (χ0) is 13.0. The van der Waals surface area contributed by atoms with Gasteiger partial charge in [0.15, 0.2) is 0 Å². The summed E-state index contributed by atoms with van der Waals surface area (Å²) in [7, 11) is 1.35. The molecular weight excluding hydrogens is 222 g/mol. The Morgan fingerprint density at radius 2 is 2.41 bits per heavy atom. The minimum atomic E-state index is -0.505. The van der Waals surface area contributed by atoms with E-state index >= 15 is 0 Å². The van der Waals surface area contributed by atoms with Gasteiger partial charge in [0.25, 0.3) is 0 Å². The number of methoxy groups -OCH3 is 1. The lowest BCUT2D eigenvalue weighted by molar-refractivity contribution is -0.386. The second-order valence-electron chi connectivity index (χ2n) is 3.41. The molecule has 0 saturated carbocycles. The number of terminal acetylenes is 1. The van der Waals surface area contributed by atoms with Gasteiger partial charge in [-0.2, -0.15) is 0 Å². The SMILES string of the molecule is C#C/C(C)=C/Cn1nc(OC)c([N+](=O)[O-])c1C. The molecule has 0 aromatic carbocycles. The van der Waals surface area contributed by atoms with Crippen LogP contribution in [0.5, 0.6) is 5.88 Å². The van der Waals surface area contributed by atoms with Gasteiger partial charge >= 0.3 is 11.6 Å². The summed E-state index contributed by atoms with van der Waals surface area (Å²) in [6, 6.07) is 0. The molecule has 0 aliphatic rings. The van der Waals surface area contributed by atoms with Gasteiger partial charge in [-0.25, -0.2) is 0 Å². The molecule has 90 valence electrons. The van der Waals surface area contributed by atoms with Gasteiger partial charge in [-0.3, -0.25) is 14.8 Å². The van der Waals surface area contributed by atoms with Crippen molar-refractivity contribution >= 4 is 5.69 Å². The first-order valence-corrected chi connectivity index (χ1v) is 4.90. The van der Waals surface area contributed by atoms with Gasteiger partial charge in [0.2, 0.25) is 0 Å². The number of ether oxygens (including phenoxy) is 1. The van der Waals surface area contributed by atoms with E-state index in [1.54, 1.807) is 19.9 Å². The molecule has 0 saturated heterocycles. The highest BCUT2D eigenvalue weighted by atomic mass is 16.6. The number of nitrogens with zero attached hydrogens (tertiary/aromatic N) is 3. The second kappa shape index (κ2) is 5.16. The fourth-order valence-electron chi connectivity index (χ4n) is 1.32. The van der Waals surface area contributed by atoms with Crippen LogP contribution in [0.1, 0.15) is 12.6 Å². The molecular formula is C11H13N3O3. The predicted octanol–water partition coefficient (Wildman–Crippen LogP) is 1.69. The van der Waals surface area contributed by atoms with Crippen LogP contribution >= 0.6 is 0 Å². The van der Waals surface area contributed by atoms with E-state index in [2.05, 4.69) is 11.0 Å². The van der Waals surface area contributed by atoms with Crippen molar-refractivity contribution < 1.29 is 9.66 Å². The molecule has 0 bridgehead atoms.